The van der Waals surface area contributed by atoms with Crippen molar-refractivity contribution >= 4 is 34.3 Å². The molecule has 1 aromatic heterocycles. The molecule has 24 heavy (non-hydrogen) atoms. The SMILES string of the molecule is [Cl-].[NH3+]CCc1c[nH]c2ccc(OC(=O)Nc3cccc(Cl)c3)cc12. The van der Waals surface area contributed by atoms with Gasteiger partial charge in [0.15, 0.2) is 0 Å². The number of hydrogen-bond donors (Lipinski definition) is 3. The number of anilines is 1. The maximum absolute atomic E-state index is 12.0. The van der Waals surface area contributed by atoms with Crippen LogP contribution in [-0.2, 0) is 6.42 Å². The molecule has 1 heterocycles. The number of H-pyrrole nitrogens is 1. The largest absolute Gasteiger partial charge is 1.00 e. The number of halogens is 2. The fourth-order valence-electron chi connectivity index (χ4n) is 2.43. The molecule has 1 amide bonds. The topological polar surface area (TPSA) is 81.8 Å². The number of hydrogen-bond acceptors (Lipinski definition) is 2. The molecule has 126 valence electrons. The van der Waals surface area contributed by atoms with Gasteiger partial charge in [-0.2, -0.15) is 0 Å². The molecule has 0 fully saturated rings. The molecule has 0 aliphatic carbocycles. The summed E-state index contributed by atoms with van der Waals surface area (Å²) in [7, 11) is 0. The van der Waals surface area contributed by atoms with Gasteiger partial charge in [-0.1, -0.05) is 17.7 Å². The van der Waals surface area contributed by atoms with Gasteiger partial charge < -0.3 is 27.9 Å². The van der Waals surface area contributed by atoms with E-state index in [0.717, 1.165) is 29.4 Å². The molecule has 3 aromatic rings. The highest BCUT2D eigenvalue weighted by atomic mass is 35.5. The lowest BCUT2D eigenvalue weighted by molar-refractivity contribution is -0.366. The van der Waals surface area contributed by atoms with Crippen LogP contribution in [0.1, 0.15) is 5.56 Å². The first-order valence-electron chi connectivity index (χ1n) is 7.29. The minimum atomic E-state index is -0.555. The molecule has 7 heteroatoms. The first kappa shape index (κ1) is 18.1. The Hall–Kier alpha value is -2.21. The van der Waals surface area contributed by atoms with E-state index in [2.05, 4.69) is 16.0 Å². The van der Waals surface area contributed by atoms with Crippen LogP contribution >= 0.6 is 11.6 Å². The summed E-state index contributed by atoms with van der Waals surface area (Å²) in [5, 5.41) is 4.24. The Morgan fingerprint density at radius 3 is 2.83 bits per heavy atom. The number of carbonyl (C=O) groups is 1. The molecule has 2 aromatic carbocycles. The number of carbonyl (C=O) groups excluding carboxylic acids is 1. The van der Waals surface area contributed by atoms with Crippen LogP contribution < -0.4 is 28.2 Å². The molecule has 0 atom stereocenters. The van der Waals surface area contributed by atoms with Crippen LogP contribution in [0.3, 0.4) is 0 Å². The fraction of sp³-hybridized carbons (Fsp3) is 0.118. The first-order chi connectivity index (χ1) is 11.2. The minimum absolute atomic E-state index is 0. The summed E-state index contributed by atoms with van der Waals surface area (Å²) >= 11 is 5.89. The quantitative estimate of drug-likeness (QED) is 0.618. The second-order valence-electron chi connectivity index (χ2n) is 5.15. The fourth-order valence-corrected chi connectivity index (χ4v) is 2.63. The van der Waals surface area contributed by atoms with Gasteiger partial charge >= 0.3 is 6.09 Å². The van der Waals surface area contributed by atoms with E-state index in [1.54, 1.807) is 30.3 Å². The number of ether oxygens (including phenoxy) is 1. The predicted octanol–water partition coefficient (Wildman–Crippen LogP) is 0.221. The van der Waals surface area contributed by atoms with Gasteiger partial charge in [0.05, 0.1) is 6.54 Å². The molecule has 5 N–H and O–H groups in total. The van der Waals surface area contributed by atoms with E-state index < -0.39 is 6.09 Å². The molecule has 3 rings (SSSR count). The molecule has 0 saturated heterocycles. The second-order valence-corrected chi connectivity index (χ2v) is 5.59. The van der Waals surface area contributed by atoms with Crippen molar-refractivity contribution < 1.29 is 27.7 Å². The van der Waals surface area contributed by atoms with E-state index >= 15 is 0 Å². The summed E-state index contributed by atoms with van der Waals surface area (Å²) in [6.07, 6.45) is 2.28. The molecule has 0 spiro atoms. The van der Waals surface area contributed by atoms with Crippen molar-refractivity contribution in [1.82, 2.24) is 4.98 Å². The molecular weight excluding hydrogens is 349 g/mol. The Bertz CT molecular complexity index is 849. The molecule has 0 radical (unpaired) electrons. The minimum Gasteiger partial charge on any atom is -1.00 e. The summed E-state index contributed by atoms with van der Waals surface area (Å²) < 4.78 is 5.35. The Kier molecular flexibility index (Phi) is 6.09. The van der Waals surface area contributed by atoms with Crippen molar-refractivity contribution in [3.05, 3.63) is 59.2 Å². The normalized spacial score (nSPS) is 10.2. The molecule has 0 unspecified atom stereocenters. The van der Waals surface area contributed by atoms with E-state index in [9.17, 15) is 4.79 Å². The monoisotopic (exact) mass is 365 g/mol. The Morgan fingerprint density at radius 2 is 2.08 bits per heavy atom. The van der Waals surface area contributed by atoms with Gasteiger partial charge in [-0.15, -0.1) is 0 Å². The third kappa shape index (κ3) is 4.20. The number of aromatic amines is 1. The number of benzene rings is 2. The van der Waals surface area contributed by atoms with Crippen LogP contribution in [0.4, 0.5) is 10.5 Å². The lowest BCUT2D eigenvalue weighted by atomic mass is 10.1. The molecule has 0 aliphatic heterocycles. The van der Waals surface area contributed by atoms with E-state index in [1.807, 2.05) is 18.3 Å². The molecule has 5 nitrogen and oxygen atoms in total. The lowest BCUT2D eigenvalue weighted by Gasteiger charge is -2.07. The number of rotatable bonds is 4. The number of quaternary nitrogens is 1. The van der Waals surface area contributed by atoms with E-state index in [-0.39, 0.29) is 12.4 Å². The van der Waals surface area contributed by atoms with E-state index in [0.29, 0.717) is 16.5 Å². The Morgan fingerprint density at radius 1 is 1.25 bits per heavy atom. The zero-order chi connectivity index (χ0) is 16.2. The van der Waals surface area contributed by atoms with Crippen LogP contribution in [0, 0.1) is 0 Å². The highest BCUT2D eigenvalue weighted by Gasteiger charge is 2.09. The van der Waals surface area contributed by atoms with Crippen molar-refractivity contribution in [1.29, 1.82) is 0 Å². The molecule has 0 aliphatic rings. The smallest absolute Gasteiger partial charge is 0.417 e. The third-order valence-corrected chi connectivity index (χ3v) is 3.70. The summed E-state index contributed by atoms with van der Waals surface area (Å²) in [5.41, 5.74) is 6.63. The van der Waals surface area contributed by atoms with Crippen molar-refractivity contribution in [3.63, 3.8) is 0 Å². The average Bonchev–Trinajstić information content (AvgIpc) is 2.90. The van der Waals surface area contributed by atoms with Crippen LogP contribution in [0.15, 0.2) is 48.7 Å². The predicted molar refractivity (Wildman–Crippen MR) is 90.9 cm³/mol. The van der Waals surface area contributed by atoms with Gasteiger partial charge in [0, 0.05) is 34.2 Å². The zero-order valence-corrected chi connectivity index (χ0v) is 14.3. The van der Waals surface area contributed by atoms with Crippen molar-refractivity contribution in [3.8, 4) is 5.75 Å². The number of fused-ring (bicyclic) bond motifs is 1. The molecule has 0 bridgehead atoms. The Balaban J connectivity index is 0.00000208. The number of nitrogens with one attached hydrogen (secondary N) is 2. The van der Waals surface area contributed by atoms with Gasteiger partial charge in [-0.05, 0) is 42.0 Å². The first-order valence-corrected chi connectivity index (χ1v) is 7.67. The van der Waals surface area contributed by atoms with Gasteiger partial charge in [0.25, 0.3) is 0 Å². The maximum atomic E-state index is 12.0. The van der Waals surface area contributed by atoms with Crippen LogP contribution in [0.2, 0.25) is 5.02 Å². The van der Waals surface area contributed by atoms with Gasteiger partial charge in [0.1, 0.15) is 5.75 Å². The van der Waals surface area contributed by atoms with E-state index in [1.165, 1.54) is 0 Å². The summed E-state index contributed by atoms with van der Waals surface area (Å²) in [6.45, 7) is 0.813. The standard InChI is InChI=1S/C17H16ClN3O2.ClH/c18-12-2-1-3-13(8-12)21-17(22)23-14-4-5-16-15(9-14)11(6-7-19)10-20-16;/h1-5,8-10,20H,6-7,19H2,(H,21,22);1H. The highest BCUT2D eigenvalue weighted by molar-refractivity contribution is 6.30. The van der Waals surface area contributed by atoms with Crippen molar-refractivity contribution in [2.45, 2.75) is 6.42 Å². The third-order valence-electron chi connectivity index (χ3n) is 3.47. The van der Waals surface area contributed by atoms with Crippen LogP contribution in [0.5, 0.6) is 5.75 Å². The summed E-state index contributed by atoms with van der Waals surface area (Å²) in [4.78, 5) is 15.2. The average molecular weight is 366 g/mol. The van der Waals surface area contributed by atoms with Crippen molar-refractivity contribution in [2.75, 3.05) is 11.9 Å². The molecular formula is C17H17Cl2N3O2. The number of aromatic nitrogens is 1. The lowest BCUT2D eigenvalue weighted by Crippen LogP contribution is -3.00. The summed E-state index contributed by atoms with van der Waals surface area (Å²) in [5.74, 6) is 0.488. The second kappa shape index (κ2) is 8.06. The van der Waals surface area contributed by atoms with Gasteiger partial charge in [-0.25, -0.2) is 4.79 Å². The van der Waals surface area contributed by atoms with Gasteiger partial charge in [0.2, 0.25) is 0 Å². The van der Waals surface area contributed by atoms with Gasteiger partial charge in [-0.3, -0.25) is 5.32 Å². The zero-order valence-electron chi connectivity index (χ0n) is 12.8. The van der Waals surface area contributed by atoms with Crippen molar-refractivity contribution in [2.24, 2.45) is 0 Å². The maximum Gasteiger partial charge on any atom is 0.417 e. The van der Waals surface area contributed by atoms with Crippen LogP contribution in [-0.4, -0.2) is 17.6 Å². The number of amides is 1. The van der Waals surface area contributed by atoms with E-state index in [4.69, 9.17) is 16.3 Å². The molecule has 0 saturated carbocycles. The highest BCUT2D eigenvalue weighted by Crippen LogP contribution is 2.24. The summed E-state index contributed by atoms with van der Waals surface area (Å²) in [6, 6.07) is 12.4. The Labute approximate surface area is 150 Å². The van der Waals surface area contributed by atoms with Crippen LogP contribution in [0.25, 0.3) is 10.9 Å².